The summed E-state index contributed by atoms with van der Waals surface area (Å²) in [5.74, 6) is 0.751. The van der Waals surface area contributed by atoms with E-state index in [1.54, 1.807) is 30.8 Å². The second-order valence-corrected chi connectivity index (χ2v) is 13.8. The van der Waals surface area contributed by atoms with Crippen LogP contribution < -0.4 is 14.8 Å². The van der Waals surface area contributed by atoms with E-state index < -0.39 is 29.6 Å². The molecule has 45 heavy (non-hydrogen) atoms. The molecule has 11 nitrogen and oxygen atoms in total. The predicted octanol–water partition coefficient (Wildman–Crippen LogP) is 4.33. The van der Waals surface area contributed by atoms with Crippen LogP contribution in [-0.4, -0.2) is 99.6 Å². The number of pyridine rings is 1. The first-order chi connectivity index (χ1) is 21.6. The number of rotatable bonds is 6. The zero-order valence-corrected chi connectivity index (χ0v) is 27.0. The van der Waals surface area contributed by atoms with E-state index in [0.717, 1.165) is 35.4 Å². The number of fused-ring (bicyclic) bond motifs is 3. The van der Waals surface area contributed by atoms with E-state index in [1.807, 2.05) is 36.4 Å². The number of methoxy groups -OCH3 is 1. The summed E-state index contributed by atoms with van der Waals surface area (Å²) < 4.78 is 12.1. The minimum atomic E-state index is -1.35. The molecule has 240 valence electrons. The van der Waals surface area contributed by atoms with Crippen LogP contribution in [0, 0.1) is 11.8 Å². The summed E-state index contributed by atoms with van der Waals surface area (Å²) in [4.78, 5) is 52.7. The number of allylic oxidation sites excluding steroid dienone is 1. The number of amides is 3. The van der Waals surface area contributed by atoms with Gasteiger partial charge < -0.3 is 29.7 Å². The van der Waals surface area contributed by atoms with Gasteiger partial charge in [-0.15, -0.1) is 11.8 Å². The standard InChI is InChI=1S/C33H41N5O6S/c1-19(2)26-18-45-30(35-26)25-15-28(23-11-10-21(43-4)13-24(23)34-25)44-22-14-27-29(39)36-33(31(40)41)16-20(33)9-7-5-6-8-12-37(3)32(42)38(27)17-22/h7,9-11,13,15,19-20,22,26-27H,5-6,8,12,14,16-18H2,1-4H3,(H,36,39)(H,40,41)/b9-7-/t20-,22-,26?,27+,33-/m1/s1. The van der Waals surface area contributed by atoms with E-state index >= 15 is 0 Å². The quantitative estimate of drug-likeness (QED) is 0.448. The van der Waals surface area contributed by atoms with Crippen molar-refractivity contribution in [3.63, 3.8) is 0 Å². The monoisotopic (exact) mass is 635 g/mol. The molecule has 1 saturated carbocycles. The molecule has 2 N–H and O–H groups in total. The number of nitrogens with zero attached hydrogens (tertiary/aromatic N) is 4. The Balaban J connectivity index is 1.31. The first-order valence-corrected chi connectivity index (χ1v) is 16.7. The number of carbonyl (C=O) groups excluding carboxylic acids is 2. The first kappa shape index (κ1) is 31.2. The van der Waals surface area contributed by atoms with E-state index in [2.05, 4.69) is 19.2 Å². The number of hydrogen-bond acceptors (Lipinski definition) is 8. The summed E-state index contributed by atoms with van der Waals surface area (Å²) in [6.45, 7) is 5.07. The summed E-state index contributed by atoms with van der Waals surface area (Å²) in [6.07, 6.45) is 6.43. The van der Waals surface area contributed by atoms with Crippen LogP contribution in [0.2, 0.25) is 0 Å². The van der Waals surface area contributed by atoms with Crippen molar-refractivity contribution in [1.29, 1.82) is 0 Å². The van der Waals surface area contributed by atoms with Crippen molar-refractivity contribution in [2.45, 2.75) is 69.7 Å². The Kier molecular flexibility index (Phi) is 8.69. The topological polar surface area (TPSA) is 134 Å². The van der Waals surface area contributed by atoms with Gasteiger partial charge in [-0.25, -0.2) is 14.6 Å². The Morgan fingerprint density at radius 2 is 2.04 bits per heavy atom. The van der Waals surface area contributed by atoms with Gasteiger partial charge in [-0.3, -0.25) is 9.79 Å². The molecule has 1 aliphatic carbocycles. The van der Waals surface area contributed by atoms with Gasteiger partial charge in [0.15, 0.2) is 0 Å². The summed E-state index contributed by atoms with van der Waals surface area (Å²) in [7, 11) is 3.35. The first-order valence-electron chi connectivity index (χ1n) is 15.7. The van der Waals surface area contributed by atoms with Crippen molar-refractivity contribution < 1.29 is 29.0 Å². The van der Waals surface area contributed by atoms with Gasteiger partial charge in [-0.05, 0) is 43.7 Å². The molecule has 4 heterocycles. The Labute approximate surface area is 267 Å². The van der Waals surface area contributed by atoms with Gasteiger partial charge in [0.1, 0.15) is 34.2 Å². The summed E-state index contributed by atoms with van der Waals surface area (Å²) in [6, 6.07) is 6.57. The molecule has 1 aromatic heterocycles. The molecule has 1 saturated heterocycles. The van der Waals surface area contributed by atoms with Gasteiger partial charge in [0.2, 0.25) is 5.91 Å². The lowest BCUT2D eigenvalue weighted by Crippen LogP contribution is -2.54. The Hall–Kier alpha value is -3.80. The number of ether oxygens (including phenoxy) is 2. The molecule has 12 heteroatoms. The molecule has 2 aromatic rings. The summed E-state index contributed by atoms with van der Waals surface area (Å²) >= 11 is 1.68. The van der Waals surface area contributed by atoms with Crippen LogP contribution in [-0.2, 0) is 9.59 Å². The average molecular weight is 636 g/mol. The minimum absolute atomic E-state index is 0.186. The highest BCUT2D eigenvalue weighted by Crippen LogP contribution is 2.45. The largest absolute Gasteiger partial charge is 0.497 e. The maximum Gasteiger partial charge on any atom is 0.330 e. The van der Waals surface area contributed by atoms with Crippen molar-refractivity contribution in [1.82, 2.24) is 20.1 Å². The van der Waals surface area contributed by atoms with Crippen LogP contribution in [0.4, 0.5) is 4.79 Å². The predicted molar refractivity (Wildman–Crippen MR) is 173 cm³/mol. The van der Waals surface area contributed by atoms with E-state index in [4.69, 9.17) is 19.5 Å². The zero-order chi connectivity index (χ0) is 31.9. The van der Waals surface area contributed by atoms with Crippen LogP contribution in [0.15, 0.2) is 41.4 Å². The van der Waals surface area contributed by atoms with E-state index in [1.165, 1.54) is 4.90 Å². The Morgan fingerprint density at radius 1 is 1.22 bits per heavy atom. The molecule has 6 rings (SSSR count). The number of hydrogen-bond donors (Lipinski definition) is 2. The third-order valence-electron chi connectivity index (χ3n) is 9.30. The lowest BCUT2D eigenvalue weighted by Gasteiger charge is -2.29. The van der Waals surface area contributed by atoms with Gasteiger partial charge in [0.25, 0.3) is 0 Å². The number of benzene rings is 1. The lowest BCUT2D eigenvalue weighted by molar-refractivity contribution is -0.144. The maximum atomic E-state index is 13.8. The number of aliphatic imine (C=N–C) groups is 1. The van der Waals surface area contributed by atoms with Gasteiger partial charge >= 0.3 is 12.0 Å². The fraction of sp³-hybridized carbons (Fsp3) is 0.545. The molecule has 3 aliphatic heterocycles. The Morgan fingerprint density at radius 3 is 2.78 bits per heavy atom. The summed E-state index contributed by atoms with van der Waals surface area (Å²) in [5.41, 5.74) is 0.0560. The third kappa shape index (κ3) is 6.21. The fourth-order valence-electron chi connectivity index (χ4n) is 6.36. The number of aliphatic carboxylic acids is 1. The number of urea groups is 1. The van der Waals surface area contributed by atoms with Crippen LogP contribution >= 0.6 is 11.8 Å². The van der Waals surface area contributed by atoms with Crippen molar-refractivity contribution >= 4 is 45.6 Å². The molecule has 1 aromatic carbocycles. The normalized spacial score (nSPS) is 29.5. The van der Waals surface area contributed by atoms with Crippen LogP contribution in [0.1, 0.15) is 51.6 Å². The molecule has 0 bridgehead atoms. The second kappa shape index (κ2) is 12.5. The van der Waals surface area contributed by atoms with Crippen molar-refractivity contribution in [2.75, 3.05) is 33.0 Å². The molecule has 0 radical (unpaired) electrons. The smallest absolute Gasteiger partial charge is 0.330 e. The van der Waals surface area contributed by atoms with Crippen molar-refractivity contribution in [3.8, 4) is 11.5 Å². The van der Waals surface area contributed by atoms with Gasteiger partial charge in [0.05, 0.1) is 30.9 Å². The number of nitrogens with one attached hydrogen (secondary N) is 1. The van der Waals surface area contributed by atoms with Gasteiger partial charge in [0, 0.05) is 49.2 Å². The molecule has 1 unspecified atom stereocenters. The average Bonchev–Trinajstić information content (AvgIpc) is 3.33. The van der Waals surface area contributed by atoms with Crippen molar-refractivity contribution in [3.05, 3.63) is 42.1 Å². The SMILES string of the molecule is COc1ccc2c(O[C@@H]3C[C@H]4C(=O)N[C@]5(C(=O)O)C[C@H]5/C=C\CCCCN(C)C(=O)N4C3)cc(C3=NC(C(C)C)CS3)nc2c1. The second-order valence-electron chi connectivity index (χ2n) is 12.8. The molecule has 0 spiro atoms. The van der Waals surface area contributed by atoms with E-state index in [-0.39, 0.29) is 31.0 Å². The molecule has 5 atom stereocenters. The number of carboxylic acid groups (broad SMARTS) is 1. The van der Waals surface area contributed by atoms with Crippen LogP contribution in [0.25, 0.3) is 10.9 Å². The molecule has 4 aliphatic rings. The maximum absolute atomic E-state index is 13.8. The van der Waals surface area contributed by atoms with E-state index in [9.17, 15) is 19.5 Å². The molecular weight excluding hydrogens is 594 g/mol. The highest BCUT2D eigenvalue weighted by atomic mass is 32.2. The molecular formula is C33H41N5O6S. The fourth-order valence-corrected chi connectivity index (χ4v) is 7.61. The van der Waals surface area contributed by atoms with Crippen LogP contribution in [0.3, 0.4) is 0 Å². The van der Waals surface area contributed by atoms with Crippen LogP contribution in [0.5, 0.6) is 11.5 Å². The number of aromatic nitrogens is 1. The number of carbonyl (C=O) groups is 3. The Bertz CT molecular complexity index is 1560. The van der Waals surface area contributed by atoms with Gasteiger partial charge in [-0.2, -0.15) is 0 Å². The summed E-state index contributed by atoms with van der Waals surface area (Å²) in [5, 5.41) is 14.5. The minimum Gasteiger partial charge on any atom is -0.497 e. The number of carboxylic acids is 1. The zero-order valence-electron chi connectivity index (χ0n) is 26.2. The molecule has 2 fully saturated rings. The highest BCUT2D eigenvalue weighted by molar-refractivity contribution is 8.14. The van der Waals surface area contributed by atoms with E-state index in [0.29, 0.717) is 41.6 Å². The molecule has 3 amide bonds. The highest BCUT2D eigenvalue weighted by Gasteiger charge is 2.61. The lowest BCUT2D eigenvalue weighted by atomic mass is 10.1. The van der Waals surface area contributed by atoms with Crippen molar-refractivity contribution in [2.24, 2.45) is 16.8 Å². The van der Waals surface area contributed by atoms with Gasteiger partial charge in [-0.1, -0.05) is 26.0 Å². The number of thioether (sulfide) groups is 1. The third-order valence-corrected chi connectivity index (χ3v) is 10.4.